The molecule has 19 heavy (non-hydrogen) atoms. The predicted octanol–water partition coefficient (Wildman–Crippen LogP) is 1.72. The Labute approximate surface area is 109 Å². The van der Waals surface area contributed by atoms with Gasteiger partial charge in [-0.25, -0.2) is 8.96 Å². The maximum absolute atomic E-state index is 13.6. The van der Waals surface area contributed by atoms with Crippen LogP contribution in [0.4, 0.5) is 4.39 Å². The van der Waals surface area contributed by atoms with Gasteiger partial charge in [0, 0.05) is 0 Å². The van der Waals surface area contributed by atoms with Crippen molar-refractivity contribution in [3.8, 4) is 5.75 Å². The van der Waals surface area contributed by atoms with Crippen molar-refractivity contribution in [1.29, 1.82) is 0 Å². The molecule has 0 saturated carbocycles. The second kappa shape index (κ2) is 4.84. The average Bonchev–Trinajstić information content (AvgIpc) is 2.85. The number of para-hydroxylation sites is 1. The van der Waals surface area contributed by atoms with Gasteiger partial charge in [0.25, 0.3) is 0 Å². The zero-order valence-corrected chi connectivity index (χ0v) is 10.3. The number of carbonyl (C=O) groups excluding carboxylic acids is 1. The quantitative estimate of drug-likeness (QED) is 0.837. The molecule has 1 unspecified atom stereocenters. The lowest BCUT2D eigenvalue weighted by Gasteiger charge is -2.09. The SMILES string of the molecule is O=C1c2cccc(F)c2OCCC1C[n+]1cc[nH]c1. The summed E-state index contributed by atoms with van der Waals surface area (Å²) in [6, 6.07) is 4.48. The summed E-state index contributed by atoms with van der Waals surface area (Å²) in [5, 5.41) is 0. The van der Waals surface area contributed by atoms with Gasteiger partial charge in [0.1, 0.15) is 18.9 Å². The van der Waals surface area contributed by atoms with E-state index < -0.39 is 5.82 Å². The van der Waals surface area contributed by atoms with Crippen LogP contribution < -0.4 is 9.30 Å². The van der Waals surface area contributed by atoms with E-state index in [-0.39, 0.29) is 17.5 Å². The molecule has 0 aliphatic carbocycles. The van der Waals surface area contributed by atoms with E-state index >= 15 is 0 Å². The number of H-pyrrole nitrogens is 1. The van der Waals surface area contributed by atoms with Crippen LogP contribution in [0, 0.1) is 11.7 Å². The second-order valence-electron chi connectivity index (χ2n) is 4.62. The first kappa shape index (κ1) is 11.9. The molecule has 3 rings (SSSR count). The Bertz CT molecular complexity index is 595. The molecular weight excluding hydrogens is 247 g/mol. The fraction of sp³-hybridized carbons (Fsp3) is 0.286. The lowest BCUT2D eigenvalue weighted by molar-refractivity contribution is -0.699. The van der Waals surface area contributed by atoms with E-state index in [1.165, 1.54) is 6.07 Å². The molecule has 2 heterocycles. The number of nitrogens with one attached hydrogen (secondary N) is 1. The molecule has 2 aromatic rings. The van der Waals surface area contributed by atoms with Crippen LogP contribution in [0.15, 0.2) is 36.9 Å². The molecule has 0 amide bonds. The molecule has 98 valence electrons. The van der Waals surface area contributed by atoms with Crippen molar-refractivity contribution in [1.82, 2.24) is 4.98 Å². The van der Waals surface area contributed by atoms with E-state index in [1.54, 1.807) is 24.7 Å². The number of ether oxygens (including phenoxy) is 1. The number of halogens is 1. The predicted molar refractivity (Wildman–Crippen MR) is 65.3 cm³/mol. The molecule has 1 N–H and O–H groups in total. The summed E-state index contributed by atoms with van der Waals surface area (Å²) in [6.07, 6.45) is 6.05. The topological polar surface area (TPSA) is 46.0 Å². The van der Waals surface area contributed by atoms with Crippen molar-refractivity contribution in [3.63, 3.8) is 0 Å². The Hall–Kier alpha value is -2.17. The summed E-state index contributed by atoms with van der Waals surface area (Å²) in [6.45, 7) is 0.928. The molecule has 1 atom stereocenters. The smallest absolute Gasteiger partial charge is 0.241 e. The van der Waals surface area contributed by atoms with Crippen LogP contribution in [0.25, 0.3) is 0 Å². The Kier molecular flexibility index (Phi) is 3.03. The number of ketones is 1. The van der Waals surface area contributed by atoms with Crippen LogP contribution in [-0.4, -0.2) is 17.4 Å². The molecule has 1 aliphatic heterocycles. The Balaban J connectivity index is 1.91. The molecule has 0 spiro atoms. The number of fused-ring (bicyclic) bond motifs is 1. The first-order chi connectivity index (χ1) is 9.25. The third kappa shape index (κ3) is 2.23. The largest absolute Gasteiger partial charge is 0.490 e. The summed E-state index contributed by atoms with van der Waals surface area (Å²) >= 11 is 0. The fourth-order valence-electron chi connectivity index (χ4n) is 2.37. The first-order valence-electron chi connectivity index (χ1n) is 6.23. The number of hydrogen-bond acceptors (Lipinski definition) is 2. The van der Waals surface area contributed by atoms with Gasteiger partial charge in [-0.2, -0.15) is 0 Å². The highest BCUT2D eigenvalue weighted by molar-refractivity contribution is 6.00. The highest BCUT2D eigenvalue weighted by Crippen LogP contribution is 2.29. The van der Waals surface area contributed by atoms with Crippen molar-refractivity contribution >= 4 is 5.78 Å². The first-order valence-corrected chi connectivity index (χ1v) is 6.23. The number of imidazole rings is 1. The van der Waals surface area contributed by atoms with Gasteiger partial charge < -0.3 is 4.74 Å². The van der Waals surface area contributed by atoms with E-state index in [0.717, 1.165) is 0 Å². The maximum atomic E-state index is 13.6. The van der Waals surface area contributed by atoms with E-state index in [0.29, 0.717) is 25.1 Å². The monoisotopic (exact) mass is 261 g/mol. The maximum Gasteiger partial charge on any atom is 0.241 e. The van der Waals surface area contributed by atoms with Gasteiger partial charge in [0.05, 0.1) is 18.1 Å². The molecule has 1 aromatic heterocycles. The standard InChI is InChI=1S/C14H13FN2O2/c15-12-3-1-2-11-13(18)10(4-7-19-14(11)12)8-17-6-5-16-9-17/h1-3,5-6,9-10H,4,7-8H2/p+1. The zero-order chi connectivity index (χ0) is 13.2. The van der Waals surface area contributed by atoms with Crippen molar-refractivity contribution < 1.29 is 18.5 Å². The third-order valence-corrected chi connectivity index (χ3v) is 3.35. The number of benzene rings is 1. The zero-order valence-electron chi connectivity index (χ0n) is 10.3. The molecule has 1 aromatic carbocycles. The van der Waals surface area contributed by atoms with Crippen molar-refractivity contribution in [2.24, 2.45) is 5.92 Å². The minimum atomic E-state index is -0.471. The fourth-order valence-corrected chi connectivity index (χ4v) is 2.37. The van der Waals surface area contributed by atoms with E-state index in [1.807, 2.05) is 10.8 Å². The van der Waals surface area contributed by atoms with Gasteiger partial charge >= 0.3 is 0 Å². The van der Waals surface area contributed by atoms with Crippen molar-refractivity contribution in [2.75, 3.05) is 6.61 Å². The summed E-state index contributed by atoms with van der Waals surface area (Å²) in [5.41, 5.74) is 0.346. The molecule has 1 aliphatic rings. The minimum Gasteiger partial charge on any atom is -0.490 e. The molecule has 0 bridgehead atoms. The average molecular weight is 261 g/mol. The number of carbonyl (C=O) groups is 1. The lowest BCUT2D eigenvalue weighted by Crippen LogP contribution is -2.38. The molecule has 0 fully saturated rings. The van der Waals surface area contributed by atoms with Crippen LogP contribution in [-0.2, 0) is 6.54 Å². The Morgan fingerprint density at radius 1 is 1.47 bits per heavy atom. The number of aromatic nitrogens is 2. The summed E-state index contributed by atoms with van der Waals surface area (Å²) in [7, 11) is 0. The van der Waals surface area contributed by atoms with Gasteiger partial charge in [-0.3, -0.25) is 9.78 Å². The van der Waals surface area contributed by atoms with Crippen LogP contribution in [0.3, 0.4) is 0 Å². The van der Waals surface area contributed by atoms with Gasteiger partial charge in [0.2, 0.25) is 6.33 Å². The summed E-state index contributed by atoms with van der Waals surface area (Å²) in [4.78, 5) is 15.4. The third-order valence-electron chi connectivity index (χ3n) is 3.35. The lowest BCUT2D eigenvalue weighted by atomic mass is 9.95. The summed E-state index contributed by atoms with van der Waals surface area (Å²) < 4.78 is 20.9. The van der Waals surface area contributed by atoms with Gasteiger partial charge in [-0.05, 0) is 18.6 Å². The van der Waals surface area contributed by atoms with Gasteiger partial charge in [-0.1, -0.05) is 6.07 Å². The Morgan fingerprint density at radius 3 is 3.16 bits per heavy atom. The van der Waals surface area contributed by atoms with Crippen LogP contribution in [0.1, 0.15) is 16.8 Å². The number of hydrogen-bond donors (Lipinski definition) is 1. The summed E-state index contributed by atoms with van der Waals surface area (Å²) in [5.74, 6) is -0.626. The highest BCUT2D eigenvalue weighted by Gasteiger charge is 2.29. The van der Waals surface area contributed by atoms with E-state index in [4.69, 9.17) is 4.74 Å². The van der Waals surface area contributed by atoms with Crippen LogP contribution in [0.5, 0.6) is 5.75 Å². The molecule has 5 heteroatoms. The molecule has 0 saturated heterocycles. The normalized spacial score (nSPS) is 18.6. The number of nitrogens with zero attached hydrogens (tertiary/aromatic N) is 1. The number of Topliss-reactive ketones (excluding diaryl/α,β-unsaturated/α-hetero) is 1. The second-order valence-corrected chi connectivity index (χ2v) is 4.62. The van der Waals surface area contributed by atoms with Crippen molar-refractivity contribution in [2.45, 2.75) is 13.0 Å². The van der Waals surface area contributed by atoms with Gasteiger partial charge in [-0.15, -0.1) is 0 Å². The molecular formula is C14H14FN2O2+. The van der Waals surface area contributed by atoms with Crippen LogP contribution in [0.2, 0.25) is 0 Å². The minimum absolute atomic E-state index is 0.0549. The van der Waals surface area contributed by atoms with E-state index in [9.17, 15) is 9.18 Å². The van der Waals surface area contributed by atoms with E-state index in [2.05, 4.69) is 4.98 Å². The number of rotatable bonds is 2. The molecule has 4 nitrogen and oxygen atoms in total. The Morgan fingerprint density at radius 2 is 2.37 bits per heavy atom. The van der Waals surface area contributed by atoms with Gasteiger partial charge in [0.15, 0.2) is 17.3 Å². The molecule has 0 radical (unpaired) electrons. The highest BCUT2D eigenvalue weighted by atomic mass is 19.1. The van der Waals surface area contributed by atoms with Crippen molar-refractivity contribution in [3.05, 3.63) is 48.3 Å². The van der Waals surface area contributed by atoms with Crippen LogP contribution >= 0.6 is 0 Å². The number of aromatic amines is 1.